The third-order valence-electron chi connectivity index (χ3n) is 4.49. The average Bonchev–Trinajstić information content (AvgIpc) is 3.05. The van der Waals surface area contributed by atoms with Gasteiger partial charge in [0.25, 0.3) is 0 Å². The molecular weight excluding hydrogens is 404 g/mol. The number of hydrogen-bond acceptors (Lipinski definition) is 4. The Labute approximate surface area is 180 Å². The lowest BCUT2D eigenvalue weighted by atomic mass is 10.1. The lowest BCUT2D eigenvalue weighted by Gasteiger charge is -2.13. The monoisotopic (exact) mass is 428 g/mol. The molecule has 152 valence electrons. The first-order valence-electron chi connectivity index (χ1n) is 9.52. The van der Waals surface area contributed by atoms with Crippen LogP contribution in [0.2, 0.25) is 5.02 Å². The molecule has 5 nitrogen and oxygen atoms in total. The van der Waals surface area contributed by atoms with Crippen molar-refractivity contribution in [3.05, 3.63) is 58.6 Å². The largest absolute Gasteiger partial charge is 0.325 e. The van der Waals surface area contributed by atoms with Gasteiger partial charge in [-0.05, 0) is 67.3 Å². The first-order chi connectivity index (χ1) is 13.8. The minimum Gasteiger partial charge on any atom is -0.325 e. The smallest absolute Gasteiger partial charge is 0.234 e. The van der Waals surface area contributed by atoms with Gasteiger partial charge < -0.3 is 9.88 Å². The van der Waals surface area contributed by atoms with Crippen LogP contribution in [-0.4, -0.2) is 26.4 Å². The quantitative estimate of drug-likeness (QED) is 0.497. The van der Waals surface area contributed by atoms with E-state index in [1.54, 1.807) is 0 Å². The molecule has 7 heteroatoms. The summed E-state index contributed by atoms with van der Waals surface area (Å²) in [4.78, 5) is 12.4. The number of benzene rings is 2. The van der Waals surface area contributed by atoms with E-state index < -0.39 is 0 Å². The Balaban J connectivity index is 1.73. The molecule has 0 spiro atoms. The van der Waals surface area contributed by atoms with Crippen LogP contribution >= 0.6 is 23.4 Å². The van der Waals surface area contributed by atoms with Crippen molar-refractivity contribution in [2.45, 2.75) is 39.4 Å². The summed E-state index contributed by atoms with van der Waals surface area (Å²) in [5.74, 6) is 1.41. The highest BCUT2D eigenvalue weighted by atomic mass is 35.5. The van der Waals surface area contributed by atoms with Gasteiger partial charge in [-0.15, -0.1) is 10.2 Å². The Bertz CT molecular complexity index is 999. The van der Waals surface area contributed by atoms with Crippen molar-refractivity contribution >= 4 is 35.0 Å². The fourth-order valence-electron chi connectivity index (χ4n) is 2.88. The van der Waals surface area contributed by atoms with E-state index in [0.29, 0.717) is 10.9 Å². The fraction of sp³-hybridized carbons (Fsp3) is 0.318. The molecule has 0 aliphatic carbocycles. The molecule has 0 unspecified atom stereocenters. The standard InChI is InChI=1S/C22H25ClN4OS/c1-14(2)12-27-21(17-6-8-18(23)9-7-17)25-26-22(27)29-13-20(28)24-19-10-5-15(3)16(4)11-19/h5-11,14H,12-13H2,1-4H3,(H,24,28). The molecule has 0 atom stereocenters. The van der Waals surface area contributed by atoms with Gasteiger partial charge in [-0.2, -0.15) is 0 Å². The summed E-state index contributed by atoms with van der Waals surface area (Å²) in [7, 11) is 0. The number of halogens is 1. The highest BCUT2D eigenvalue weighted by molar-refractivity contribution is 7.99. The lowest BCUT2D eigenvalue weighted by molar-refractivity contribution is -0.113. The first-order valence-corrected chi connectivity index (χ1v) is 10.9. The Hall–Kier alpha value is -2.31. The summed E-state index contributed by atoms with van der Waals surface area (Å²) < 4.78 is 2.07. The van der Waals surface area contributed by atoms with Crippen molar-refractivity contribution < 1.29 is 4.79 Å². The van der Waals surface area contributed by atoms with E-state index in [-0.39, 0.29) is 11.7 Å². The molecule has 3 aromatic rings. The van der Waals surface area contributed by atoms with Gasteiger partial charge in [0.05, 0.1) is 5.75 Å². The van der Waals surface area contributed by atoms with E-state index in [9.17, 15) is 4.79 Å². The average molecular weight is 429 g/mol. The maximum atomic E-state index is 12.4. The van der Waals surface area contributed by atoms with E-state index >= 15 is 0 Å². The second-order valence-electron chi connectivity index (χ2n) is 7.45. The number of rotatable bonds is 7. The molecule has 1 aromatic heterocycles. The van der Waals surface area contributed by atoms with Crippen LogP contribution in [-0.2, 0) is 11.3 Å². The zero-order valence-corrected chi connectivity index (χ0v) is 18.6. The number of anilines is 1. The molecule has 29 heavy (non-hydrogen) atoms. The topological polar surface area (TPSA) is 59.8 Å². The number of carbonyl (C=O) groups is 1. The van der Waals surface area contributed by atoms with Gasteiger partial charge in [-0.25, -0.2) is 0 Å². The molecular formula is C22H25ClN4OS. The van der Waals surface area contributed by atoms with Crippen LogP contribution in [0.5, 0.6) is 0 Å². The van der Waals surface area contributed by atoms with Gasteiger partial charge in [0, 0.05) is 22.8 Å². The molecule has 0 saturated heterocycles. The van der Waals surface area contributed by atoms with Gasteiger partial charge in [0.1, 0.15) is 0 Å². The van der Waals surface area contributed by atoms with Crippen LogP contribution < -0.4 is 5.32 Å². The van der Waals surface area contributed by atoms with Crippen molar-refractivity contribution in [1.29, 1.82) is 0 Å². The van der Waals surface area contributed by atoms with Crippen molar-refractivity contribution in [2.24, 2.45) is 5.92 Å². The number of thioether (sulfide) groups is 1. The van der Waals surface area contributed by atoms with Crippen LogP contribution in [0.3, 0.4) is 0 Å². The number of aromatic nitrogens is 3. The minimum atomic E-state index is -0.0645. The Kier molecular flexibility index (Phi) is 6.98. The predicted octanol–water partition coefficient (Wildman–Crippen LogP) is 5.60. The normalized spacial score (nSPS) is 11.1. The first kappa shape index (κ1) is 21.4. The number of carbonyl (C=O) groups excluding carboxylic acids is 1. The molecule has 0 aliphatic rings. The summed E-state index contributed by atoms with van der Waals surface area (Å²) in [6.45, 7) is 9.15. The zero-order valence-electron chi connectivity index (χ0n) is 17.1. The van der Waals surface area contributed by atoms with E-state index in [1.807, 2.05) is 49.4 Å². The molecule has 0 bridgehead atoms. The fourth-order valence-corrected chi connectivity index (χ4v) is 3.76. The third kappa shape index (κ3) is 5.61. The second kappa shape index (κ2) is 9.46. The van der Waals surface area contributed by atoms with Crippen LogP contribution in [0.15, 0.2) is 47.6 Å². The Morgan fingerprint density at radius 1 is 1.10 bits per heavy atom. The Morgan fingerprint density at radius 2 is 1.83 bits per heavy atom. The summed E-state index contributed by atoms with van der Waals surface area (Å²) in [6.07, 6.45) is 0. The zero-order chi connectivity index (χ0) is 21.0. The van der Waals surface area contributed by atoms with E-state index in [1.165, 1.54) is 17.3 Å². The third-order valence-corrected chi connectivity index (χ3v) is 5.71. The SMILES string of the molecule is Cc1ccc(NC(=O)CSc2nnc(-c3ccc(Cl)cc3)n2CC(C)C)cc1C. The molecule has 1 N–H and O–H groups in total. The van der Waals surface area contributed by atoms with Gasteiger partial charge in [-0.3, -0.25) is 4.79 Å². The van der Waals surface area contributed by atoms with Crippen LogP contribution in [0, 0.1) is 19.8 Å². The summed E-state index contributed by atoms with van der Waals surface area (Å²) in [5.41, 5.74) is 4.12. The summed E-state index contributed by atoms with van der Waals surface area (Å²) in [5, 5.41) is 13.1. The second-order valence-corrected chi connectivity index (χ2v) is 8.83. The van der Waals surface area contributed by atoms with E-state index in [4.69, 9.17) is 11.6 Å². The van der Waals surface area contributed by atoms with Crippen LogP contribution in [0.1, 0.15) is 25.0 Å². The van der Waals surface area contributed by atoms with E-state index in [0.717, 1.165) is 34.3 Å². The van der Waals surface area contributed by atoms with Crippen molar-refractivity contribution in [1.82, 2.24) is 14.8 Å². The van der Waals surface area contributed by atoms with Gasteiger partial charge in [0.2, 0.25) is 5.91 Å². The summed E-state index contributed by atoms with van der Waals surface area (Å²) >= 11 is 7.40. The lowest BCUT2D eigenvalue weighted by Crippen LogP contribution is -2.15. The maximum Gasteiger partial charge on any atom is 0.234 e. The number of nitrogens with one attached hydrogen (secondary N) is 1. The molecule has 1 heterocycles. The van der Waals surface area contributed by atoms with Gasteiger partial charge in [0.15, 0.2) is 11.0 Å². The molecule has 0 aliphatic heterocycles. The molecule has 0 fully saturated rings. The molecule has 1 amide bonds. The van der Waals surface area contributed by atoms with Gasteiger partial charge in [-0.1, -0.05) is 43.3 Å². The highest BCUT2D eigenvalue weighted by Crippen LogP contribution is 2.26. The molecule has 0 saturated carbocycles. The molecule has 2 aromatic carbocycles. The number of nitrogens with zero attached hydrogens (tertiary/aromatic N) is 3. The maximum absolute atomic E-state index is 12.4. The van der Waals surface area contributed by atoms with E-state index in [2.05, 4.69) is 40.9 Å². The van der Waals surface area contributed by atoms with Gasteiger partial charge >= 0.3 is 0 Å². The highest BCUT2D eigenvalue weighted by Gasteiger charge is 2.17. The molecule has 3 rings (SSSR count). The number of hydrogen-bond donors (Lipinski definition) is 1. The predicted molar refractivity (Wildman–Crippen MR) is 121 cm³/mol. The Morgan fingerprint density at radius 3 is 2.48 bits per heavy atom. The van der Waals surface area contributed by atoms with Crippen molar-refractivity contribution in [2.75, 3.05) is 11.1 Å². The minimum absolute atomic E-state index is 0.0645. The van der Waals surface area contributed by atoms with Crippen LogP contribution in [0.4, 0.5) is 5.69 Å². The van der Waals surface area contributed by atoms with Crippen LogP contribution in [0.25, 0.3) is 11.4 Å². The number of aryl methyl sites for hydroxylation is 2. The summed E-state index contributed by atoms with van der Waals surface area (Å²) in [6, 6.07) is 13.5. The van der Waals surface area contributed by atoms with Crippen molar-refractivity contribution in [3.63, 3.8) is 0 Å². The van der Waals surface area contributed by atoms with Crippen molar-refractivity contribution in [3.8, 4) is 11.4 Å². The number of amides is 1. The molecule has 0 radical (unpaired) electrons.